The minimum Gasteiger partial charge on any atom is -0.330 e. The Morgan fingerprint density at radius 3 is 2.89 bits per heavy atom. The molecular formula is C14H16BrN3. The van der Waals surface area contributed by atoms with Crippen LogP contribution in [0.1, 0.15) is 17.8 Å². The van der Waals surface area contributed by atoms with Crippen LogP contribution < -0.4 is 5.73 Å². The van der Waals surface area contributed by atoms with Crippen molar-refractivity contribution < 1.29 is 0 Å². The van der Waals surface area contributed by atoms with Gasteiger partial charge in [0.05, 0.1) is 5.69 Å². The summed E-state index contributed by atoms with van der Waals surface area (Å²) in [5.74, 6) is 0.859. The van der Waals surface area contributed by atoms with Gasteiger partial charge in [0.15, 0.2) is 0 Å². The van der Waals surface area contributed by atoms with Crippen molar-refractivity contribution in [3.8, 4) is 11.3 Å². The fourth-order valence-electron chi connectivity index (χ4n) is 1.80. The maximum Gasteiger partial charge on any atom is 0.128 e. The number of aromatic nitrogens is 2. The maximum atomic E-state index is 5.51. The lowest BCUT2D eigenvalue weighted by atomic mass is 10.1. The molecule has 0 spiro atoms. The van der Waals surface area contributed by atoms with Crippen molar-refractivity contribution in [3.63, 3.8) is 0 Å². The van der Waals surface area contributed by atoms with Gasteiger partial charge in [-0.05, 0) is 43.7 Å². The van der Waals surface area contributed by atoms with Gasteiger partial charge in [0.1, 0.15) is 5.82 Å². The van der Waals surface area contributed by atoms with Gasteiger partial charge in [-0.2, -0.15) is 0 Å². The van der Waals surface area contributed by atoms with Crippen molar-refractivity contribution in [3.05, 3.63) is 46.3 Å². The van der Waals surface area contributed by atoms with Crippen molar-refractivity contribution in [2.75, 3.05) is 6.54 Å². The Labute approximate surface area is 116 Å². The van der Waals surface area contributed by atoms with E-state index < -0.39 is 0 Å². The van der Waals surface area contributed by atoms with E-state index in [1.54, 1.807) is 0 Å². The Kier molecular flexibility index (Phi) is 4.44. The van der Waals surface area contributed by atoms with Crippen LogP contribution in [0.5, 0.6) is 0 Å². The number of rotatable bonds is 4. The molecule has 0 bridgehead atoms. The molecule has 4 heteroatoms. The minimum atomic E-state index is 0.670. The van der Waals surface area contributed by atoms with Crippen molar-refractivity contribution in [2.45, 2.75) is 19.8 Å². The summed E-state index contributed by atoms with van der Waals surface area (Å²) in [6.45, 7) is 2.76. The summed E-state index contributed by atoms with van der Waals surface area (Å²) in [5.41, 5.74) is 8.83. The summed E-state index contributed by atoms with van der Waals surface area (Å²) in [4.78, 5) is 8.87. The Morgan fingerprint density at radius 2 is 2.11 bits per heavy atom. The van der Waals surface area contributed by atoms with Crippen molar-refractivity contribution in [2.24, 2.45) is 5.73 Å². The van der Waals surface area contributed by atoms with Crippen molar-refractivity contribution in [1.29, 1.82) is 0 Å². The molecule has 1 aromatic carbocycles. The van der Waals surface area contributed by atoms with Gasteiger partial charge >= 0.3 is 0 Å². The molecule has 2 N–H and O–H groups in total. The first-order valence-electron chi connectivity index (χ1n) is 5.99. The largest absolute Gasteiger partial charge is 0.330 e. The highest BCUT2D eigenvalue weighted by atomic mass is 79.9. The molecule has 0 atom stereocenters. The number of aryl methyl sites for hydroxylation is 2. The molecular weight excluding hydrogens is 290 g/mol. The second-order valence-electron chi connectivity index (χ2n) is 4.21. The highest BCUT2D eigenvalue weighted by Gasteiger charge is 2.05. The summed E-state index contributed by atoms with van der Waals surface area (Å²) in [6, 6.07) is 8.15. The van der Waals surface area contributed by atoms with E-state index in [1.807, 2.05) is 18.3 Å². The van der Waals surface area contributed by atoms with E-state index in [0.717, 1.165) is 34.4 Å². The lowest BCUT2D eigenvalue weighted by Crippen LogP contribution is -2.03. The molecule has 2 rings (SSSR count). The zero-order valence-electron chi connectivity index (χ0n) is 10.4. The van der Waals surface area contributed by atoms with E-state index in [2.05, 4.69) is 45.0 Å². The first-order valence-corrected chi connectivity index (χ1v) is 6.78. The Bertz CT molecular complexity index is 540. The predicted molar refractivity (Wildman–Crippen MR) is 77.3 cm³/mol. The van der Waals surface area contributed by atoms with E-state index in [0.29, 0.717) is 6.54 Å². The quantitative estimate of drug-likeness (QED) is 0.944. The van der Waals surface area contributed by atoms with Crippen LogP contribution in [0, 0.1) is 6.92 Å². The average molecular weight is 306 g/mol. The Morgan fingerprint density at radius 1 is 1.28 bits per heavy atom. The van der Waals surface area contributed by atoms with Crippen molar-refractivity contribution >= 4 is 15.9 Å². The second-order valence-corrected chi connectivity index (χ2v) is 5.13. The predicted octanol–water partition coefficient (Wildman–Crippen LogP) is 3.11. The van der Waals surface area contributed by atoms with Crippen LogP contribution in [-0.4, -0.2) is 16.5 Å². The number of nitrogens with zero attached hydrogens (tertiary/aromatic N) is 2. The third-order valence-corrected chi connectivity index (χ3v) is 3.28. The molecule has 0 aliphatic heterocycles. The Balaban J connectivity index is 2.35. The highest BCUT2D eigenvalue weighted by molar-refractivity contribution is 9.10. The maximum absolute atomic E-state index is 5.51. The van der Waals surface area contributed by atoms with Gasteiger partial charge in [-0.25, -0.2) is 9.97 Å². The molecule has 94 valence electrons. The lowest BCUT2D eigenvalue weighted by molar-refractivity contribution is 0.782. The fraction of sp³-hybridized carbons (Fsp3) is 0.286. The SMILES string of the molecule is Cc1ccc(Br)cc1-c1ccnc(CCCN)n1. The fourth-order valence-corrected chi connectivity index (χ4v) is 2.16. The molecule has 1 heterocycles. The zero-order valence-corrected chi connectivity index (χ0v) is 11.9. The normalized spacial score (nSPS) is 10.6. The number of halogens is 1. The van der Waals surface area contributed by atoms with Crippen LogP contribution >= 0.6 is 15.9 Å². The standard InChI is InChI=1S/C14H16BrN3/c1-10-4-5-11(15)9-12(10)13-6-8-17-14(18-13)3-2-7-16/h4-6,8-9H,2-3,7,16H2,1H3. The number of benzene rings is 1. The molecule has 0 amide bonds. The molecule has 0 unspecified atom stereocenters. The first kappa shape index (κ1) is 13.2. The van der Waals surface area contributed by atoms with Crippen LogP contribution in [-0.2, 0) is 6.42 Å². The van der Waals surface area contributed by atoms with Gasteiger partial charge in [0, 0.05) is 22.7 Å². The smallest absolute Gasteiger partial charge is 0.128 e. The monoisotopic (exact) mass is 305 g/mol. The molecule has 0 aliphatic carbocycles. The van der Waals surface area contributed by atoms with E-state index in [4.69, 9.17) is 5.73 Å². The molecule has 3 nitrogen and oxygen atoms in total. The first-order chi connectivity index (χ1) is 8.70. The molecule has 0 fully saturated rings. The summed E-state index contributed by atoms with van der Waals surface area (Å²) < 4.78 is 1.06. The van der Waals surface area contributed by atoms with Crippen LogP contribution in [0.25, 0.3) is 11.3 Å². The van der Waals surface area contributed by atoms with E-state index in [1.165, 1.54) is 5.56 Å². The van der Waals surface area contributed by atoms with Gasteiger partial charge in [-0.3, -0.25) is 0 Å². The summed E-state index contributed by atoms with van der Waals surface area (Å²) in [6.07, 6.45) is 3.56. The number of hydrogen-bond donors (Lipinski definition) is 1. The Hall–Kier alpha value is -1.26. The summed E-state index contributed by atoms with van der Waals surface area (Å²) >= 11 is 3.49. The van der Waals surface area contributed by atoms with E-state index >= 15 is 0 Å². The molecule has 0 radical (unpaired) electrons. The summed E-state index contributed by atoms with van der Waals surface area (Å²) in [7, 11) is 0. The van der Waals surface area contributed by atoms with Gasteiger partial charge in [0.2, 0.25) is 0 Å². The minimum absolute atomic E-state index is 0.670. The van der Waals surface area contributed by atoms with E-state index in [9.17, 15) is 0 Å². The molecule has 2 aromatic rings. The highest BCUT2D eigenvalue weighted by Crippen LogP contribution is 2.25. The van der Waals surface area contributed by atoms with Gasteiger partial charge in [0.25, 0.3) is 0 Å². The number of hydrogen-bond acceptors (Lipinski definition) is 3. The second kappa shape index (κ2) is 6.07. The average Bonchev–Trinajstić information content (AvgIpc) is 2.39. The molecule has 0 saturated heterocycles. The molecule has 0 saturated carbocycles. The van der Waals surface area contributed by atoms with Gasteiger partial charge < -0.3 is 5.73 Å². The van der Waals surface area contributed by atoms with E-state index in [-0.39, 0.29) is 0 Å². The third kappa shape index (κ3) is 3.15. The van der Waals surface area contributed by atoms with Gasteiger partial charge in [-0.1, -0.05) is 22.0 Å². The lowest BCUT2D eigenvalue weighted by Gasteiger charge is -2.07. The van der Waals surface area contributed by atoms with Crippen LogP contribution in [0.3, 0.4) is 0 Å². The molecule has 18 heavy (non-hydrogen) atoms. The molecule has 1 aromatic heterocycles. The van der Waals surface area contributed by atoms with Crippen LogP contribution in [0.4, 0.5) is 0 Å². The molecule has 0 aliphatic rings. The van der Waals surface area contributed by atoms with Crippen LogP contribution in [0.2, 0.25) is 0 Å². The summed E-state index contributed by atoms with van der Waals surface area (Å²) in [5, 5.41) is 0. The third-order valence-electron chi connectivity index (χ3n) is 2.79. The van der Waals surface area contributed by atoms with Gasteiger partial charge in [-0.15, -0.1) is 0 Å². The number of nitrogens with two attached hydrogens (primary N) is 1. The zero-order chi connectivity index (χ0) is 13.0. The van der Waals surface area contributed by atoms with Crippen LogP contribution in [0.15, 0.2) is 34.9 Å². The topological polar surface area (TPSA) is 51.8 Å². The van der Waals surface area contributed by atoms with Crippen molar-refractivity contribution in [1.82, 2.24) is 9.97 Å².